The maximum absolute atomic E-state index is 13.1. The Kier molecular flexibility index (Phi) is 5.57. The largest absolute Gasteiger partial charge is 0.311 e. The lowest BCUT2D eigenvalue weighted by Gasteiger charge is -2.32. The van der Waals surface area contributed by atoms with Gasteiger partial charge in [0.15, 0.2) is 0 Å². The highest BCUT2D eigenvalue weighted by atomic mass is 32.2. The monoisotopic (exact) mass is 443 g/mol. The third-order valence-corrected chi connectivity index (χ3v) is 8.26. The summed E-state index contributed by atoms with van der Waals surface area (Å²) < 4.78 is 27.5. The van der Waals surface area contributed by atoms with E-state index in [0.717, 1.165) is 16.7 Å². The summed E-state index contributed by atoms with van der Waals surface area (Å²) in [6, 6.07) is 9.75. The molecule has 31 heavy (non-hydrogen) atoms. The van der Waals surface area contributed by atoms with Gasteiger partial charge in [-0.2, -0.15) is 4.31 Å². The molecule has 9 heteroatoms. The normalized spacial score (nSPS) is 17.5. The van der Waals surface area contributed by atoms with Crippen LogP contribution in [0.15, 0.2) is 41.3 Å². The van der Waals surface area contributed by atoms with E-state index in [9.17, 15) is 23.3 Å². The third-order valence-electron chi connectivity index (χ3n) is 6.36. The van der Waals surface area contributed by atoms with Gasteiger partial charge >= 0.3 is 0 Å². The topological polar surface area (TPSA) is 101 Å². The lowest BCUT2D eigenvalue weighted by Crippen LogP contribution is -2.44. The summed E-state index contributed by atoms with van der Waals surface area (Å²) in [6.45, 7) is 4.88. The Hall–Kier alpha value is -2.78. The summed E-state index contributed by atoms with van der Waals surface area (Å²) in [7, 11) is -3.60. The van der Waals surface area contributed by atoms with Crippen molar-refractivity contribution in [3.05, 3.63) is 63.2 Å². The van der Waals surface area contributed by atoms with Crippen molar-refractivity contribution in [2.75, 3.05) is 24.5 Å². The first kappa shape index (κ1) is 21.5. The lowest BCUT2D eigenvalue weighted by atomic mass is 9.96. The van der Waals surface area contributed by atoms with Crippen molar-refractivity contribution in [3.8, 4) is 0 Å². The predicted molar refractivity (Wildman–Crippen MR) is 117 cm³/mol. The van der Waals surface area contributed by atoms with E-state index in [1.54, 1.807) is 23.1 Å². The number of nitro groups is 1. The molecule has 0 unspecified atom stereocenters. The van der Waals surface area contributed by atoms with Gasteiger partial charge in [0.25, 0.3) is 5.69 Å². The van der Waals surface area contributed by atoms with E-state index in [1.165, 1.54) is 16.4 Å². The van der Waals surface area contributed by atoms with Gasteiger partial charge < -0.3 is 4.90 Å². The number of aryl methyl sites for hydroxylation is 2. The minimum absolute atomic E-state index is 0.0345. The molecule has 2 aromatic carbocycles. The number of nitrogens with zero attached hydrogens (tertiary/aromatic N) is 3. The number of carbonyl (C=O) groups excluding carboxylic acids is 1. The van der Waals surface area contributed by atoms with Gasteiger partial charge in [0.1, 0.15) is 0 Å². The van der Waals surface area contributed by atoms with Gasteiger partial charge in [-0.3, -0.25) is 14.9 Å². The standard InChI is InChI=1S/C22H25N3O5S/c1-15-3-6-20(13-16(15)2)31(29,30)23-10-7-18(8-11-23)22(26)24-12-9-17-4-5-19(25(27)28)14-21(17)24/h3-6,13-14,18H,7-12H2,1-2H3. The second kappa shape index (κ2) is 8.05. The van der Waals surface area contributed by atoms with Crippen molar-refractivity contribution >= 4 is 27.3 Å². The highest BCUT2D eigenvalue weighted by molar-refractivity contribution is 7.89. The highest BCUT2D eigenvalue weighted by Crippen LogP contribution is 2.34. The van der Waals surface area contributed by atoms with E-state index in [0.29, 0.717) is 31.5 Å². The molecule has 1 amide bonds. The van der Waals surface area contributed by atoms with E-state index in [1.807, 2.05) is 19.9 Å². The molecule has 2 heterocycles. The smallest absolute Gasteiger partial charge is 0.271 e. The summed E-state index contributed by atoms with van der Waals surface area (Å²) in [5, 5.41) is 11.1. The molecule has 2 aliphatic heterocycles. The first-order valence-corrected chi connectivity index (χ1v) is 11.8. The number of amides is 1. The highest BCUT2D eigenvalue weighted by Gasteiger charge is 2.36. The summed E-state index contributed by atoms with van der Waals surface area (Å²) in [5.74, 6) is -0.376. The molecule has 0 radical (unpaired) electrons. The Morgan fingerprint density at radius 3 is 2.39 bits per heavy atom. The van der Waals surface area contributed by atoms with Crippen LogP contribution in [0.5, 0.6) is 0 Å². The molecule has 0 spiro atoms. The molecule has 8 nitrogen and oxygen atoms in total. The number of nitro benzene ring substituents is 1. The molecule has 1 saturated heterocycles. The van der Waals surface area contributed by atoms with E-state index in [4.69, 9.17) is 0 Å². The predicted octanol–water partition coefficient (Wildman–Crippen LogP) is 3.20. The maximum Gasteiger partial charge on any atom is 0.271 e. The number of fused-ring (bicyclic) bond motifs is 1. The Balaban J connectivity index is 1.46. The van der Waals surface area contributed by atoms with Crippen LogP contribution in [0.2, 0.25) is 0 Å². The van der Waals surface area contributed by atoms with Crippen LogP contribution in [0.4, 0.5) is 11.4 Å². The molecule has 164 valence electrons. The number of sulfonamides is 1. The van der Waals surface area contributed by atoms with E-state index < -0.39 is 14.9 Å². The Morgan fingerprint density at radius 2 is 1.74 bits per heavy atom. The summed E-state index contributed by atoms with van der Waals surface area (Å²) in [6.07, 6.45) is 1.53. The second-order valence-electron chi connectivity index (χ2n) is 8.23. The molecular weight excluding hydrogens is 418 g/mol. The maximum atomic E-state index is 13.1. The van der Waals surface area contributed by atoms with E-state index >= 15 is 0 Å². The molecule has 0 saturated carbocycles. The van der Waals surface area contributed by atoms with Gasteiger partial charge in [-0.05, 0) is 61.9 Å². The molecule has 0 bridgehead atoms. The number of hydrogen-bond donors (Lipinski definition) is 0. The fourth-order valence-electron chi connectivity index (χ4n) is 4.30. The number of rotatable bonds is 4. The minimum atomic E-state index is -3.60. The molecule has 1 fully saturated rings. The van der Waals surface area contributed by atoms with Gasteiger partial charge in [0.2, 0.25) is 15.9 Å². The molecule has 0 aliphatic carbocycles. The summed E-state index contributed by atoms with van der Waals surface area (Å²) in [4.78, 5) is 25.7. The first-order valence-electron chi connectivity index (χ1n) is 10.3. The van der Waals surface area contributed by atoms with Crippen molar-refractivity contribution in [3.63, 3.8) is 0 Å². The van der Waals surface area contributed by atoms with E-state index in [-0.39, 0.29) is 35.5 Å². The van der Waals surface area contributed by atoms with Crippen LogP contribution in [0.1, 0.15) is 29.5 Å². The Labute approximate surface area is 181 Å². The number of carbonyl (C=O) groups is 1. The molecule has 0 atom stereocenters. The van der Waals surface area contributed by atoms with Crippen molar-refractivity contribution < 1.29 is 18.1 Å². The van der Waals surface area contributed by atoms with Crippen LogP contribution < -0.4 is 4.90 Å². The molecule has 4 rings (SSSR count). The van der Waals surface area contributed by atoms with Gasteiger partial charge in [0.05, 0.1) is 15.5 Å². The van der Waals surface area contributed by atoms with Crippen LogP contribution in [0.3, 0.4) is 0 Å². The number of benzene rings is 2. The second-order valence-corrected chi connectivity index (χ2v) is 10.2. The molecule has 0 N–H and O–H groups in total. The van der Waals surface area contributed by atoms with Crippen molar-refractivity contribution in [1.29, 1.82) is 0 Å². The number of piperidine rings is 1. The number of non-ortho nitro benzene ring substituents is 1. The van der Waals surface area contributed by atoms with Crippen LogP contribution >= 0.6 is 0 Å². The first-order chi connectivity index (χ1) is 14.7. The number of anilines is 1. The zero-order valence-corrected chi connectivity index (χ0v) is 18.4. The van der Waals surface area contributed by atoms with Crippen LogP contribution in [0.25, 0.3) is 0 Å². The van der Waals surface area contributed by atoms with Gasteiger partial charge in [-0.15, -0.1) is 0 Å². The average Bonchev–Trinajstić information content (AvgIpc) is 3.18. The zero-order chi connectivity index (χ0) is 22.3. The van der Waals surface area contributed by atoms with Crippen LogP contribution in [0, 0.1) is 29.9 Å². The molecule has 2 aromatic rings. The number of hydrogen-bond acceptors (Lipinski definition) is 5. The SMILES string of the molecule is Cc1ccc(S(=O)(=O)N2CCC(C(=O)N3CCc4ccc([N+](=O)[O-])cc43)CC2)cc1C. The van der Waals surface area contributed by atoms with Crippen LogP contribution in [-0.2, 0) is 21.2 Å². The van der Waals surface area contributed by atoms with Crippen LogP contribution in [-0.4, -0.2) is 43.2 Å². The fraction of sp³-hybridized carbons (Fsp3) is 0.409. The molecule has 0 aromatic heterocycles. The van der Waals surface area contributed by atoms with Crippen molar-refractivity contribution in [2.45, 2.75) is 38.0 Å². The lowest BCUT2D eigenvalue weighted by molar-refractivity contribution is -0.384. The molecule has 2 aliphatic rings. The molecular formula is C22H25N3O5S. The van der Waals surface area contributed by atoms with E-state index in [2.05, 4.69) is 0 Å². The Morgan fingerprint density at radius 1 is 1.03 bits per heavy atom. The summed E-state index contributed by atoms with van der Waals surface area (Å²) in [5.41, 5.74) is 3.45. The van der Waals surface area contributed by atoms with Gasteiger partial charge in [-0.25, -0.2) is 8.42 Å². The van der Waals surface area contributed by atoms with Gasteiger partial charge in [0, 0.05) is 37.7 Å². The summed E-state index contributed by atoms with van der Waals surface area (Å²) >= 11 is 0. The third kappa shape index (κ3) is 3.95. The van der Waals surface area contributed by atoms with Gasteiger partial charge in [-0.1, -0.05) is 12.1 Å². The average molecular weight is 444 g/mol. The zero-order valence-electron chi connectivity index (χ0n) is 17.6. The van der Waals surface area contributed by atoms with Crippen molar-refractivity contribution in [2.24, 2.45) is 5.92 Å². The fourth-order valence-corrected chi connectivity index (χ4v) is 5.85. The van der Waals surface area contributed by atoms with Crippen molar-refractivity contribution in [1.82, 2.24) is 4.31 Å². The minimum Gasteiger partial charge on any atom is -0.311 e. The quantitative estimate of drug-likeness (QED) is 0.534. The Bertz CT molecular complexity index is 1150.